The first-order valence-electron chi connectivity index (χ1n) is 6.21. The highest BCUT2D eigenvalue weighted by molar-refractivity contribution is 5.52. The van der Waals surface area contributed by atoms with E-state index in [1.165, 1.54) is 19.2 Å². The van der Waals surface area contributed by atoms with Gasteiger partial charge in [0.1, 0.15) is 17.6 Å². The maximum atomic E-state index is 13.0. The Morgan fingerprint density at radius 2 is 2.05 bits per heavy atom. The standard InChI is InChI=1S/C16H15FN2O/c1-11-7-14(17)4-5-15(11)19-10-12-3-6-16(20-2)13(8-12)9-18/h3-8,19H,10H2,1-2H3. The predicted molar refractivity (Wildman–Crippen MR) is 76.2 cm³/mol. The van der Waals surface area contributed by atoms with Gasteiger partial charge in [0.05, 0.1) is 12.7 Å². The third-order valence-electron chi connectivity index (χ3n) is 3.06. The van der Waals surface area contributed by atoms with E-state index in [2.05, 4.69) is 11.4 Å². The Morgan fingerprint density at radius 1 is 1.25 bits per heavy atom. The van der Waals surface area contributed by atoms with Gasteiger partial charge < -0.3 is 10.1 Å². The molecule has 0 aliphatic heterocycles. The van der Waals surface area contributed by atoms with Gasteiger partial charge in [-0.25, -0.2) is 4.39 Å². The van der Waals surface area contributed by atoms with Crippen LogP contribution in [0.3, 0.4) is 0 Å². The molecule has 0 saturated carbocycles. The van der Waals surface area contributed by atoms with E-state index in [1.807, 2.05) is 13.0 Å². The molecule has 0 bridgehead atoms. The molecule has 0 fully saturated rings. The van der Waals surface area contributed by atoms with E-state index in [0.29, 0.717) is 17.9 Å². The molecule has 0 saturated heterocycles. The zero-order valence-corrected chi connectivity index (χ0v) is 11.4. The molecule has 3 nitrogen and oxygen atoms in total. The molecule has 1 N–H and O–H groups in total. The van der Waals surface area contributed by atoms with E-state index >= 15 is 0 Å². The number of benzene rings is 2. The summed E-state index contributed by atoms with van der Waals surface area (Å²) in [5, 5.41) is 12.3. The van der Waals surface area contributed by atoms with Crippen LogP contribution in [0, 0.1) is 24.1 Å². The Kier molecular flexibility index (Phi) is 4.21. The van der Waals surface area contributed by atoms with Gasteiger partial charge in [-0.2, -0.15) is 5.26 Å². The summed E-state index contributed by atoms with van der Waals surface area (Å²) in [6.07, 6.45) is 0. The Balaban J connectivity index is 2.13. The van der Waals surface area contributed by atoms with Crippen molar-refractivity contribution in [2.75, 3.05) is 12.4 Å². The average molecular weight is 270 g/mol. The minimum Gasteiger partial charge on any atom is -0.495 e. The molecule has 2 aromatic carbocycles. The minimum absolute atomic E-state index is 0.246. The van der Waals surface area contributed by atoms with Gasteiger partial charge in [-0.1, -0.05) is 6.07 Å². The first kappa shape index (κ1) is 13.9. The van der Waals surface area contributed by atoms with Crippen LogP contribution in [0.5, 0.6) is 5.75 Å². The lowest BCUT2D eigenvalue weighted by Gasteiger charge is -2.11. The lowest BCUT2D eigenvalue weighted by molar-refractivity contribution is 0.413. The third-order valence-corrected chi connectivity index (χ3v) is 3.06. The monoisotopic (exact) mass is 270 g/mol. The number of hydrogen-bond donors (Lipinski definition) is 1. The number of aryl methyl sites for hydroxylation is 1. The molecule has 0 radical (unpaired) electrons. The third kappa shape index (κ3) is 3.07. The molecule has 2 aromatic rings. The molecule has 0 unspecified atom stereocenters. The summed E-state index contributed by atoms with van der Waals surface area (Å²) >= 11 is 0. The van der Waals surface area contributed by atoms with Crippen LogP contribution in [0.15, 0.2) is 36.4 Å². The quantitative estimate of drug-likeness (QED) is 0.922. The topological polar surface area (TPSA) is 45.0 Å². The van der Waals surface area contributed by atoms with Crippen molar-refractivity contribution in [3.8, 4) is 11.8 Å². The summed E-state index contributed by atoms with van der Waals surface area (Å²) < 4.78 is 18.1. The highest BCUT2D eigenvalue weighted by atomic mass is 19.1. The SMILES string of the molecule is COc1ccc(CNc2ccc(F)cc2C)cc1C#N. The summed E-state index contributed by atoms with van der Waals surface area (Å²) in [5.74, 6) is 0.318. The average Bonchev–Trinajstić information content (AvgIpc) is 2.46. The van der Waals surface area contributed by atoms with E-state index in [-0.39, 0.29) is 5.82 Å². The van der Waals surface area contributed by atoms with E-state index in [0.717, 1.165) is 16.8 Å². The van der Waals surface area contributed by atoms with Crippen molar-refractivity contribution in [3.63, 3.8) is 0 Å². The van der Waals surface area contributed by atoms with Gasteiger partial charge >= 0.3 is 0 Å². The van der Waals surface area contributed by atoms with Gasteiger partial charge in [0.25, 0.3) is 0 Å². The van der Waals surface area contributed by atoms with E-state index in [9.17, 15) is 4.39 Å². The molecule has 102 valence electrons. The van der Waals surface area contributed by atoms with Crippen LogP contribution in [0.4, 0.5) is 10.1 Å². The van der Waals surface area contributed by atoms with Crippen LogP contribution < -0.4 is 10.1 Å². The summed E-state index contributed by atoms with van der Waals surface area (Å²) in [4.78, 5) is 0. The fourth-order valence-electron chi connectivity index (χ4n) is 1.98. The largest absolute Gasteiger partial charge is 0.495 e. The molecular weight excluding hydrogens is 255 g/mol. The Bertz CT molecular complexity index is 662. The second kappa shape index (κ2) is 6.07. The predicted octanol–water partition coefficient (Wildman–Crippen LogP) is 3.63. The summed E-state index contributed by atoms with van der Waals surface area (Å²) in [7, 11) is 1.54. The van der Waals surface area contributed by atoms with Crippen LogP contribution in [0.1, 0.15) is 16.7 Å². The van der Waals surface area contributed by atoms with Gasteiger partial charge in [0.15, 0.2) is 0 Å². The van der Waals surface area contributed by atoms with E-state index < -0.39 is 0 Å². The molecular formula is C16H15FN2O. The highest BCUT2D eigenvalue weighted by Crippen LogP contribution is 2.21. The van der Waals surface area contributed by atoms with Gasteiger partial charge in [0.2, 0.25) is 0 Å². The molecule has 20 heavy (non-hydrogen) atoms. The molecule has 0 amide bonds. The normalized spacial score (nSPS) is 9.90. The molecule has 0 heterocycles. The van der Waals surface area contributed by atoms with Gasteiger partial charge in [-0.3, -0.25) is 0 Å². The molecule has 2 rings (SSSR count). The van der Waals surface area contributed by atoms with Crippen molar-refractivity contribution >= 4 is 5.69 Å². The van der Waals surface area contributed by atoms with Crippen LogP contribution in [0.2, 0.25) is 0 Å². The number of nitriles is 1. The zero-order chi connectivity index (χ0) is 14.5. The molecule has 0 atom stereocenters. The zero-order valence-electron chi connectivity index (χ0n) is 11.4. The molecule has 0 spiro atoms. The number of rotatable bonds is 4. The fourth-order valence-corrected chi connectivity index (χ4v) is 1.98. The first-order chi connectivity index (χ1) is 9.63. The smallest absolute Gasteiger partial charge is 0.136 e. The Hall–Kier alpha value is -2.54. The highest BCUT2D eigenvalue weighted by Gasteiger charge is 2.04. The molecule has 4 heteroatoms. The van der Waals surface area contributed by atoms with E-state index in [4.69, 9.17) is 10.00 Å². The van der Waals surface area contributed by atoms with Crippen molar-refractivity contribution in [2.24, 2.45) is 0 Å². The van der Waals surface area contributed by atoms with Gasteiger partial charge in [-0.05, 0) is 48.4 Å². The van der Waals surface area contributed by atoms with Gasteiger partial charge in [-0.15, -0.1) is 0 Å². The number of methoxy groups -OCH3 is 1. The maximum Gasteiger partial charge on any atom is 0.136 e. The summed E-state index contributed by atoms with van der Waals surface area (Å²) in [5.41, 5.74) is 3.19. The van der Waals surface area contributed by atoms with Gasteiger partial charge in [0, 0.05) is 12.2 Å². The van der Waals surface area contributed by atoms with Crippen molar-refractivity contribution < 1.29 is 9.13 Å². The van der Waals surface area contributed by atoms with E-state index in [1.54, 1.807) is 18.2 Å². The number of ether oxygens (including phenoxy) is 1. The van der Waals surface area contributed by atoms with Crippen molar-refractivity contribution in [2.45, 2.75) is 13.5 Å². The van der Waals surface area contributed by atoms with Crippen LogP contribution in [0.25, 0.3) is 0 Å². The molecule has 0 aromatic heterocycles. The lowest BCUT2D eigenvalue weighted by atomic mass is 10.1. The number of nitrogens with zero attached hydrogens (tertiary/aromatic N) is 1. The first-order valence-corrected chi connectivity index (χ1v) is 6.21. The van der Waals surface area contributed by atoms with Crippen LogP contribution >= 0.6 is 0 Å². The fraction of sp³-hybridized carbons (Fsp3) is 0.188. The number of hydrogen-bond acceptors (Lipinski definition) is 3. The Labute approximate surface area is 117 Å². The second-order valence-corrected chi connectivity index (χ2v) is 4.46. The lowest BCUT2D eigenvalue weighted by Crippen LogP contribution is -2.02. The van der Waals surface area contributed by atoms with Crippen LogP contribution in [-0.4, -0.2) is 7.11 Å². The summed E-state index contributed by atoms with van der Waals surface area (Å²) in [6, 6.07) is 12.2. The van der Waals surface area contributed by atoms with Crippen LogP contribution in [-0.2, 0) is 6.54 Å². The number of anilines is 1. The van der Waals surface area contributed by atoms with Crippen molar-refractivity contribution in [1.82, 2.24) is 0 Å². The maximum absolute atomic E-state index is 13.0. The molecule has 0 aliphatic carbocycles. The summed E-state index contributed by atoms with van der Waals surface area (Å²) in [6.45, 7) is 2.41. The molecule has 0 aliphatic rings. The minimum atomic E-state index is -0.246. The van der Waals surface area contributed by atoms with Crippen molar-refractivity contribution in [3.05, 3.63) is 58.9 Å². The van der Waals surface area contributed by atoms with Crippen molar-refractivity contribution in [1.29, 1.82) is 5.26 Å². The Morgan fingerprint density at radius 3 is 2.70 bits per heavy atom. The second-order valence-electron chi connectivity index (χ2n) is 4.46. The number of halogens is 1. The number of nitrogens with one attached hydrogen (secondary N) is 1.